The van der Waals surface area contributed by atoms with Gasteiger partial charge in [0.2, 0.25) is 0 Å². The number of carbonyl (C=O) groups excluding carboxylic acids is 1. The Balaban J connectivity index is 1.53. The van der Waals surface area contributed by atoms with E-state index in [1.165, 1.54) is 37.1 Å². The van der Waals surface area contributed by atoms with Crippen molar-refractivity contribution in [3.05, 3.63) is 113 Å². The summed E-state index contributed by atoms with van der Waals surface area (Å²) in [5, 5.41) is 9.37. The molecule has 1 atom stereocenters. The van der Waals surface area contributed by atoms with Gasteiger partial charge in [0.1, 0.15) is 6.61 Å². The molecule has 1 aromatic heterocycles. The lowest BCUT2D eigenvalue weighted by Crippen LogP contribution is -2.39. The second-order valence-electron chi connectivity index (χ2n) is 10.1. The quantitative estimate of drug-likeness (QED) is 0.211. The number of methoxy groups -OCH3 is 2. The molecule has 0 saturated carbocycles. The highest BCUT2D eigenvalue weighted by Crippen LogP contribution is 2.38. The van der Waals surface area contributed by atoms with Gasteiger partial charge in [-0.1, -0.05) is 41.1 Å². The zero-order chi connectivity index (χ0) is 33.7. The molecule has 13 heteroatoms. The number of benzene rings is 3. The minimum atomic E-state index is -1.02. The third kappa shape index (κ3) is 7.03. The van der Waals surface area contributed by atoms with E-state index in [2.05, 4.69) is 4.99 Å². The zero-order valence-corrected chi connectivity index (χ0v) is 27.5. The van der Waals surface area contributed by atoms with Crippen LogP contribution in [0.1, 0.15) is 46.9 Å². The number of hydrogen-bond donors (Lipinski definition) is 1. The first kappa shape index (κ1) is 33.3. The lowest BCUT2D eigenvalue weighted by molar-refractivity contribution is -0.136. The molecule has 244 valence electrons. The fraction of sp³-hybridized carbons (Fsp3) is 0.235. The van der Waals surface area contributed by atoms with Crippen molar-refractivity contribution in [2.75, 3.05) is 27.4 Å². The topological polar surface area (TPSA) is 135 Å². The summed E-state index contributed by atoms with van der Waals surface area (Å²) in [6.45, 7) is 4.67. The first-order chi connectivity index (χ1) is 22.7. The van der Waals surface area contributed by atoms with Crippen molar-refractivity contribution in [2.45, 2.75) is 26.5 Å². The summed E-state index contributed by atoms with van der Waals surface area (Å²) in [4.78, 5) is 42.8. The van der Waals surface area contributed by atoms with Gasteiger partial charge in [0.15, 0.2) is 27.8 Å². The molecule has 0 unspecified atom stereocenters. The van der Waals surface area contributed by atoms with Crippen LogP contribution in [0.2, 0.25) is 5.02 Å². The predicted octanol–water partition coefficient (Wildman–Crippen LogP) is 4.75. The normalized spacial score (nSPS) is 14.0. The minimum absolute atomic E-state index is 0.118. The van der Waals surface area contributed by atoms with E-state index in [9.17, 15) is 14.4 Å². The number of aromatic nitrogens is 1. The molecular formula is C34H31ClN2O9S. The molecule has 0 amide bonds. The Labute approximate surface area is 278 Å². The number of carbonyl (C=O) groups is 2. The van der Waals surface area contributed by atoms with Gasteiger partial charge < -0.3 is 28.8 Å². The van der Waals surface area contributed by atoms with Crippen molar-refractivity contribution in [3.63, 3.8) is 0 Å². The molecule has 0 radical (unpaired) electrons. The lowest BCUT2D eigenvalue weighted by atomic mass is 9.97. The Morgan fingerprint density at radius 2 is 1.70 bits per heavy atom. The van der Waals surface area contributed by atoms with Crippen LogP contribution >= 0.6 is 22.9 Å². The van der Waals surface area contributed by atoms with Crippen LogP contribution in [0.15, 0.2) is 76.2 Å². The minimum Gasteiger partial charge on any atom is -0.493 e. The summed E-state index contributed by atoms with van der Waals surface area (Å²) in [5.41, 5.74) is 1.89. The van der Waals surface area contributed by atoms with E-state index in [0.29, 0.717) is 56.7 Å². The molecule has 0 spiro atoms. The SMILES string of the molecule is CCOc1ccc([C@@H]2C(C(=O)OC)=CN=c3s/c(=C\c4cc(Cl)c(OCc5ccc(C(=O)O)cc5)c(OC)c4)c(=O)n32)cc1OCC. The smallest absolute Gasteiger partial charge is 0.337 e. The number of aromatic carboxylic acids is 1. The molecule has 1 aliphatic rings. The van der Waals surface area contributed by atoms with Crippen LogP contribution < -0.4 is 33.8 Å². The van der Waals surface area contributed by atoms with E-state index in [-0.39, 0.29) is 28.3 Å². The molecule has 5 rings (SSSR count). The van der Waals surface area contributed by atoms with Crippen LogP contribution in [0.3, 0.4) is 0 Å². The van der Waals surface area contributed by atoms with Gasteiger partial charge in [-0.3, -0.25) is 9.36 Å². The summed E-state index contributed by atoms with van der Waals surface area (Å²) < 4.78 is 29.9. The summed E-state index contributed by atoms with van der Waals surface area (Å²) in [5.74, 6) is 0.0158. The van der Waals surface area contributed by atoms with Crippen molar-refractivity contribution in [3.8, 4) is 23.0 Å². The predicted molar refractivity (Wildman–Crippen MR) is 176 cm³/mol. The second kappa shape index (κ2) is 14.6. The van der Waals surface area contributed by atoms with E-state index >= 15 is 0 Å². The van der Waals surface area contributed by atoms with Gasteiger partial charge in [-0.15, -0.1) is 0 Å². The fourth-order valence-corrected chi connectivity index (χ4v) is 6.24. The number of thiazole rings is 1. The number of esters is 1. The van der Waals surface area contributed by atoms with Gasteiger partial charge in [-0.2, -0.15) is 0 Å². The summed E-state index contributed by atoms with van der Waals surface area (Å²) in [6.07, 6.45) is 3.08. The van der Waals surface area contributed by atoms with Crippen LogP contribution in [0.4, 0.5) is 0 Å². The maximum absolute atomic E-state index is 14.0. The Hall–Kier alpha value is -5.07. The molecule has 0 saturated heterocycles. The number of rotatable bonds is 12. The highest BCUT2D eigenvalue weighted by molar-refractivity contribution is 7.07. The molecule has 47 heavy (non-hydrogen) atoms. The molecule has 1 aliphatic heterocycles. The second-order valence-corrected chi connectivity index (χ2v) is 11.5. The van der Waals surface area contributed by atoms with Crippen LogP contribution in [0.5, 0.6) is 23.0 Å². The lowest BCUT2D eigenvalue weighted by Gasteiger charge is -2.23. The van der Waals surface area contributed by atoms with Gasteiger partial charge in [0.05, 0.1) is 54.2 Å². The molecule has 0 aliphatic carbocycles. The molecule has 4 aromatic rings. The highest BCUT2D eigenvalue weighted by Gasteiger charge is 2.31. The Bertz CT molecular complexity index is 2030. The van der Waals surface area contributed by atoms with Gasteiger partial charge in [-0.05, 0) is 73.0 Å². The Morgan fingerprint density at radius 3 is 2.36 bits per heavy atom. The van der Waals surface area contributed by atoms with Gasteiger partial charge in [-0.25, -0.2) is 14.6 Å². The third-order valence-corrected chi connectivity index (χ3v) is 8.42. The number of carboxylic acid groups (broad SMARTS) is 1. The molecule has 0 bridgehead atoms. The number of ether oxygens (including phenoxy) is 5. The largest absolute Gasteiger partial charge is 0.493 e. The standard InChI is InChI=1S/C34H31ClN2O9S/c1-5-44-25-12-11-22(16-26(25)45-6-2)29-23(33(41)43-4)17-36-34-37(29)31(38)28(47-34)15-20-13-24(35)30(27(14-20)42-3)46-18-19-7-9-21(10-8-19)32(39)40/h7-17,29H,5-6,18H2,1-4H3,(H,39,40)/b28-15-/t29-/m1/s1. The monoisotopic (exact) mass is 678 g/mol. The van der Waals surface area contributed by atoms with E-state index in [4.69, 9.17) is 40.4 Å². The van der Waals surface area contributed by atoms with Gasteiger partial charge in [0.25, 0.3) is 5.56 Å². The first-order valence-electron chi connectivity index (χ1n) is 14.5. The average Bonchev–Trinajstić information content (AvgIpc) is 3.38. The van der Waals surface area contributed by atoms with Crippen molar-refractivity contribution in [1.29, 1.82) is 0 Å². The van der Waals surface area contributed by atoms with Crippen molar-refractivity contribution in [1.82, 2.24) is 4.57 Å². The Kier molecular flexibility index (Phi) is 10.3. The van der Waals surface area contributed by atoms with Gasteiger partial charge in [0, 0.05) is 6.20 Å². The number of halogens is 1. The fourth-order valence-electron chi connectivity index (χ4n) is 5.00. The first-order valence-corrected chi connectivity index (χ1v) is 15.7. The number of carboxylic acids is 1. The summed E-state index contributed by atoms with van der Waals surface area (Å²) in [7, 11) is 2.74. The highest BCUT2D eigenvalue weighted by atomic mass is 35.5. The Morgan fingerprint density at radius 1 is 0.979 bits per heavy atom. The molecule has 3 aromatic carbocycles. The third-order valence-electron chi connectivity index (χ3n) is 7.14. The number of hydrogen-bond acceptors (Lipinski definition) is 10. The van der Waals surface area contributed by atoms with Crippen LogP contribution in [0, 0.1) is 0 Å². The number of fused-ring (bicyclic) bond motifs is 1. The number of nitrogens with zero attached hydrogens (tertiary/aromatic N) is 2. The maximum atomic E-state index is 14.0. The van der Waals surface area contributed by atoms with Crippen LogP contribution in [-0.2, 0) is 16.1 Å². The molecule has 0 fully saturated rings. The van der Waals surface area contributed by atoms with Crippen molar-refractivity contribution >= 4 is 41.0 Å². The van der Waals surface area contributed by atoms with Crippen LogP contribution in [0.25, 0.3) is 6.08 Å². The zero-order valence-electron chi connectivity index (χ0n) is 25.9. The van der Waals surface area contributed by atoms with Crippen molar-refractivity contribution in [2.24, 2.45) is 4.99 Å². The van der Waals surface area contributed by atoms with E-state index in [0.717, 1.165) is 16.9 Å². The van der Waals surface area contributed by atoms with E-state index in [1.807, 2.05) is 13.8 Å². The summed E-state index contributed by atoms with van der Waals surface area (Å²) >= 11 is 7.77. The molecule has 11 nitrogen and oxygen atoms in total. The van der Waals surface area contributed by atoms with Crippen LogP contribution in [-0.4, -0.2) is 49.0 Å². The average molecular weight is 679 g/mol. The molecule has 2 heterocycles. The van der Waals surface area contributed by atoms with E-state index in [1.54, 1.807) is 48.5 Å². The maximum Gasteiger partial charge on any atom is 0.337 e. The molecular weight excluding hydrogens is 648 g/mol. The van der Waals surface area contributed by atoms with Gasteiger partial charge >= 0.3 is 11.9 Å². The summed E-state index contributed by atoms with van der Waals surface area (Å²) in [6, 6.07) is 14.1. The molecule has 1 N–H and O–H groups in total. The van der Waals surface area contributed by atoms with Crippen molar-refractivity contribution < 1.29 is 38.4 Å². The van der Waals surface area contributed by atoms with E-state index < -0.39 is 18.0 Å².